The van der Waals surface area contributed by atoms with E-state index in [0.717, 1.165) is 29.8 Å². The number of nitrogens with zero attached hydrogens (tertiary/aromatic N) is 2. The average molecular weight is 322 g/mol. The summed E-state index contributed by atoms with van der Waals surface area (Å²) >= 11 is 0. The Morgan fingerprint density at radius 3 is 2.50 bits per heavy atom. The Bertz CT molecular complexity index is 732. The molecule has 0 atom stereocenters. The summed E-state index contributed by atoms with van der Waals surface area (Å²) in [6, 6.07) is 14.4. The van der Waals surface area contributed by atoms with Gasteiger partial charge in [0.05, 0.1) is 0 Å². The van der Waals surface area contributed by atoms with Gasteiger partial charge in [-0.15, -0.1) is 0 Å². The lowest BCUT2D eigenvalue weighted by Crippen LogP contribution is -2.28. The molecule has 1 fully saturated rings. The minimum Gasteiger partial charge on any atom is -0.371 e. The van der Waals surface area contributed by atoms with Gasteiger partial charge in [-0.25, -0.2) is 0 Å². The Morgan fingerprint density at radius 2 is 1.75 bits per heavy atom. The summed E-state index contributed by atoms with van der Waals surface area (Å²) in [5.41, 5.74) is 5.53. The third-order valence-corrected chi connectivity index (χ3v) is 5.03. The predicted molar refractivity (Wildman–Crippen MR) is 99.6 cm³/mol. The summed E-state index contributed by atoms with van der Waals surface area (Å²) in [4.78, 5) is 17.1. The van der Waals surface area contributed by atoms with E-state index in [0.29, 0.717) is 6.54 Å². The molecule has 0 spiro atoms. The Kier molecular flexibility index (Phi) is 4.89. The number of benzene rings is 2. The van der Waals surface area contributed by atoms with Gasteiger partial charge in [-0.05, 0) is 55.5 Å². The van der Waals surface area contributed by atoms with E-state index in [1.165, 1.54) is 24.1 Å². The van der Waals surface area contributed by atoms with Crippen LogP contribution < -0.4 is 4.90 Å². The highest BCUT2D eigenvalue weighted by atomic mass is 16.2. The molecule has 0 N–H and O–H groups in total. The summed E-state index contributed by atoms with van der Waals surface area (Å²) in [6.07, 6.45) is 2.51. The quantitative estimate of drug-likeness (QED) is 0.843. The van der Waals surface area contributed by atoms with Crippen molar-refractivity contribution in [1.82, 2.24) is 4.90 Å². The van der Waals surface area contributed by atoms with Crippen LogP contribution >= 0.6 is 0 Å². The van der Waals surface area contributed by atoms with Crippen molar-refractivity contribution in [3.8, 4) is 0 Å². The SMILES string of the molecule is Cc1cccc(C(=O)N(C)Cc2ccccc2N2CCCC2)c1C. The second-order valence-corrected chi connectivity index (χ2v) is 6.73. The number of hydrogen-bond donors (Lipinski definition) is 0. The van der Waals surface area contributed by atoms with E-state index < -0.39 is 0 Å². The molecular weight excluding hydrogens is 296 g/mol. The Labute approximate surface area is 144 Å². The molecule has 2 aromatic rings. The highest BCUT2D eigenvalue weighted by Gasteiger charge is 2.19. The van der Waals surface area contributed by atoms with E-state index in [1.807, 2.05) is 31.0 Å². The maximum atomic E-state index is 12.9. The monoisotopic (exact) mass is 322 g/mol. The van der Waals surface area contributed by atoms with Gasteiger partial charge in [0.2, 0.25) is 0 Å². The molecule has 3 rings (SSSR count). The Balaban J connectivity index is 1.81. The molecule has 1 heterocycles. The van der Waals surface area contributed by atoms with Crippen LogP contribution in [0, 0.1) is 13.8 Å². The van der Waals surface area contributed by atoms with Crippen molar-refractivity contribution in [2.75, 3.05) is 25.0 Å². The van der Waals surface area contributed by atoms with Crippen LogP contribution in [0.4, 0.5) is 5.69 Å². The fourth-order valence-corrected chi connectivity index (χ4v) is 3.43. The molecule has 24 heavy (non-hydrogen) atoms. The second-order valence-electron chi connectivity index (χ2n) is 6.73. The van der Waals surface area contributed by atoms with E-state index in [1.54, 1.807) is 0 Å². The normalized spacial score (nSPS) is 14.0. The Hall–Kier alpha value is -2.29. The molecule has 0 radical (unpaired) electrons. The van der Waals surface area contributed by atoms with Crippen LogP contribution in [0.3, 0.4) is 0 Å². The molecule has 0 aliphatic carbocycles. The number of amides is 1. The van der Waals surface area contributed by atoms with Crippen LogP contribution in [0.25, 0.3) is 0 Å². The first-order valence-corrected chi connectivity index (χ1v) is 8.72. The molecule has 3 heteroatoms. The van der Waals surface area contributed by atoms with Crippen molar-refractivity contribution in [3.63, 3.8) is 0 Å². The lowest BCUT2D eigenvalue weighted by Gasteiger charge is -2.25. The van der Waals surface area contributed by atoms with Crippen molar-refractivity contribution in [1.29, 1.82) is 0 Å². The molecule has 1 aliphatic rings. The van der Waals surface area contributed by atoms with E-state index in [9.17, 15) is 4.79 Å². The van der Waals surface area contributed by atoms with Gasteiger partial charge in [0.1, 0.15) is 0 Å². The first kappa shape index (κ1) is 16.6. The first-order valence-electron chi connectivity index (χ1n) is 8.72. The first-order chi connectivity index (χ1) is 11.6. The highest BCUT2D eigenvalue weighted by Crippen LogP contribution is 2.26. The van der Waals surface area contributed by atoms with Gasteiger partial charge < -0.3 is 9.80 Å². The van der Waals surface area contributed by atoms with Crippen LogP contribution in [0.2, 0.25) is 0 Å². The molecule has 1 aliphatic heterocycles. The van der Waals surface area contributed by atoms with Crippen molar-refractivity contribution in [2.45, 2.75) is 33.2 Å². The number of aryl methyl sites for hydroxylation is 1. The molecule has 126 valence electrons. The maximum absolute atomic E-state index is 12.9. The molecule has 1 amide bonds. The van der Waals surface area contributed by atoms with E-state index in [4.69, 9.17) is 0 Å². The van der Waals surface area contributed by atoms with Crippen LogP contribution in [0.15, 0.2) is 42.5 Å². The summed E-state index contributed by atoms with van der Waals surface area (Å²) in [5.74, 6) is 0.0902. The standard InChI is InChI=1S/C21H26N2O/c1-16-9-8-11-19(17(16)2)21(24)22(3)15-18-10-4-5-12-20(18)23-13-6-7-14-23/h4-5,8-12H,6-7,13-15H2,1-3H3. The summed E-state index contributed by atoms with van der Waals surface area (Å²) in [7, 11) is 1.89. The van der Waals surface area contributed by atoms with Gasteiger partial charge >= 0.3 is 0 Å². The number of carbonyl (C=O) groups excluding carboxylic acids is 1. The minimum absolute atomic E-state index is 0.0902. The van der Waals surface area contributed by atoms with Gasteiger partial charge in [-0.1, -0.05) is 30.3 Å². The molecule has 3 nitrogen and oxygen atoms in total. The maximum Gasteiger partial charge on any atom is 0.254 e. The molecule has 1 saturated heterocycles. The zero-order valence-corrected chi connectivity index (χ0v) is 14.9. The fraction of sp³-hybridized carbons (Fsp3) is 0.381. The fourth-order valence-electron chi connectivity index (χ4n) is 3.43. The second kappa shape index (κ2) is 7.08. The summed E-state index contributed by atoms with van der Waals surface area (Å²) < 4.78 is 0. The Morgan fingerprint density at radius 1 is 1.04 bits per heavy atom. The summed E-state index contributed by atoms with van der Waals surface area (Å²) in [6.45, 7) is 6.94. The zero-order valence-electron chi connectivity index (χ0n) is 14.9. The van der Waals surface area contributed by atoms with Crippen molar-refractivity contribution < 1.29 is 4.79 Å². The van der Waals surface area contributed by atoms with Crippen molar-refractivity contribution in [2.24, 2.45) is 0 Å². The third kappa shape index (κ3) is 3.30. The van der Waals surface area contributed by atoms with E-state index in [-0.39, 0.29) is 5.91 Å². The summed E-state index contributed by atoms with van der Waals surface area (Å²) in [5, 5.41) is 0. The van der Waals surface area contributed by atoms with Crippen molar-refractivity contribution in [3.05, 3.63) is 64.7 Å². The zero-order chi connectivity index (χ0) is 17.1. The van der Waals surface area contributed by atoms with Crippen LogP contribution in [0.5, 0.6) is 0 Å². The molecule has 0 aromatic heterocycles. The molecule has 0 bridgehead atoms. The average Bonchev–Trinajstić information content (AvgIpc) is 3.11. The van der Waals surface area contributed by atoms with Gasteiger partial charge in [0.25, 0.3) is 5.91 Å². The molecular formula is C21H26N2O. The number of para-hydroxylation sites is 1. The number of carbonyl (C=O) groups is 1. The van der Waals surface area contributed by atoms with Gasteiger partial charge in [0, 0.05) is 37.9 Å². The predicted octanol–water partition coefficient (Wildman–Crippen LogP) is 4.18. The number of anilines is 1. The largest absolute Gasteiger partial charge is 0.371 e. The van der Waals surface area contributed by atoms with Crippen LogP contribution in [0.1, 0.15) is 39.9 Å². The molecule has 0 saturated carbocycles. The van der Waals surface area contributed by atoms with Gasteiger partial charge in [-0.2, -0.15) is 0 Å². The number of rotatable bonds is 4. The molecule has 0 unspecified atom stereocenters. The van der Waals surface area contributed by atoms with Crippen LogP contribution in [-0.4, -0.2) is 30.9 Å². The van der Waals surface area contributed by atoms with Gasteiger partial charge in [0.15, 0.2) is 0 Å². The van der Waals surface area contributed by atoms with Gasteiger partial charge in [-0.3, -0.25) is 4.79 Å². The smallest absolute Gasteiger partial charge is 0.254 e. The van der Waals surface area contributed by atoms with E-state index >= 15 is 0 Å². The van der Waals surface area contributed by atoms with Crippen molar-refractivity contribution >= 4 is 11.6 Å². The molecule has 2 aromatic carbocycles. The lowest BCUT2D eigenvalue weighted by molar-refractivity contribution is 0.0784. The topological polar surface area (TPSA) is 23.6 Å². The third-order valence-electron chi connectivity index (χ3n) is 5.03. The van der Waals surface area contributed by atoms with Crippen LogP contribution in [-0.2, 0) is 6.54 Å². The number of hydrogen-bond acceptors (Lipinski definition) is 2. The van der Waals surface area contributed by atoms with E-state index in [2.05, 4.69) is 42.2 Å². The minimum atomic E-state index is 0.0902. The highest BCUT2D eigenvalue weighted by molar-refractivity contribution is 5.95. The lowest BCUT2D eigenvalue weighted by atomic mass is 10.0.